The van der Waals surface area contributed by atoms with Crippen LogP contribution in [-0.4, -0.2) is 43.3 Å². The number of aryl methyl sites for hydroxylation is 1. The van der Waals surface area contributed by atoms with Gasteiger partial charge in [0.1, 0.15) is 0 Å². The van der Waals surface area contributed by atoms with E-state index in [1.807, 2.05) is 30.3 Å². The van der Waals surface area contributed by atoms with Crippen molar-refractivity contribution in [3.8, 4) is 17.2 Å². The van der Waals surface area contributed by atoms with Gasteiger partial charge in [0.05, 0.1) is 43.8 Å². The van der Waals surface area contributed by atoms with Gasteiger partial charge in [-0.2, -0.15) is 0 Å². The molecule has 0 saturated heterocycles. The molecule has 150 valence electrons. The van der Waals surface area contributed by atoms with E-state index in [4.69, 9.17) is 14.2 Å². The number of aromatic amines is 1. The summed E-state index contributed by atoms with van der Waals surface area (Å²) in [4.78, 5) is 29.3. The summed E-state index contributed by atoms with van der Waals surface area (Å²) < 4.78 is 16.8. The molecule has 0 radical (unpaired) electrons. The Morgan fingerprint density at radius 2 is 1.72 bits per heavy atom. The molecule has 0 aliphatic heterocycles. The standard InChI is InChI=1S/C21H21N3O5/c1-13-16(20(25)24(23-13)14-8-6-5-7-9-14)12-22-17-11-19(28-3)18(27-2)10-15(17)21(26)29-4/h5-12,23H,1-4H3. The van der Waals surface area contributed by atoms with Gasteiger partial charge in [0.15, 0.2) is 11.5 Å². The maximum Gasteiger partial charge on any atom is 0.340 e. The fraction of sp³-hybridized carbons (Fsp3) is 0.190. The monoisotopic (exact) mass is 395 g/mol. The van der Waals surface area contributed by atoms with Crippen LogP contribution in [0.25, 0.3) is 5.69 Å². The van der Waals surface area contributed by atoms with Crippen molar-refractivity contribution in [2.45, 2.75) is 6.92 Å². The van der Waals surface area contributed by atoms with E-state index in [2.05, 4.69) is 10.1 Å². The molecule has 1 heterocycles. The lowest BCUT2D eigenvalue weighted by Crippen LogP contribution is -2.17. The number of para-hydroxylation sites is 1. The van der Waals surface area contributed by atoms with Gasteiger partial charge in [-0.25, -0.2) is 9.48 Å². The van der Waals surface area contributed by atoms with Crippen molar-refractivity contribution in [2.24, 2.45) is 4.99 Å². The predicted octanol–water partition coefficient (Wildman–Crippen LogP) is 3.03. The summed E-state index contributed by atoms with van der Waals surface area (Å²) in [6, 6.07) is 12.3. The Balaban J connectivity index is 2.07. The number of nitrogens with zero attached hydrogens (tertiary/aromatic N) is 2. The van der Waals surface area contributed by atoms with E-state index >= 15 is 0 Å². The largest absolute Gasteiger partial charge is 0.493 e. The number of carbonyl (C=O) groups is 1. The quantitative estimate of drug-likeness (QED) is 0.511. The Hall–Kier alpha value is -3.81. The molecule has 3 aromatic rings. The molecule has 1 aromatic heterocycles. The average molecular weight is 395 g/mol. The van der Waals surface area contributed by atoms with Crippen LogP contribution in [0.2, 0.25) is 0 Å². The van der Waals surface area contributed by atoms with Crippen LogP contribution < -0.4 is 15.0 Å². The maximum atomic E-state index is 12.8. The van der Waals surface area contributed by atoms with E-state index in [1.165, 1.54) is 38.3 Å². The van der Waals surface area contributed by atoms with Crippen LogP contribution in [0.15, 0.2) is 52.3 Å². The normalized spacial score (nSPS) is 10.9. The highest BCUT2D eigenvalue weighted by atomic mass is 16.5. The molecule has 1 N–H and O–H groups in total. The first-order valence-corrected chi connectivity index (χ1v) is 8.75. The number of ether oxygens (including phenoxy) is 3. The number of carbonyl (C=O) groups excluding carboxylic acids is 1. The first-order valence-electron chi connectivity index (χ1n) is 8.75. The summed E-state index contributed by atoms with van der Waals surface area (Å²) in [7, 11) is 4.23. The zero-order valence-electron chi connectivity index (χ0n) is 16.6. The SMILES string of the molecule is COC(=O)c1cc(OC)c(OC)cc1N=Cc1c(C)[nH]n(-c2ccccc2)c1=O. The molecule has 0 aliphatic carbocycles. The molecule has 8 nitrogen and oxygen atoms in total. The lowest BCUT2D eigenvalue weighted by molar-refractivity contribution is 0.0601. The molecule has 8 heteroatoms. The molecule has 0 saturated carbocycles. The van der Waals surface area contributed by atoms with Gasteiger partial charge in [0, 0.05) is 24.0 Å². The van der Waals surface area contributed by atoms with Crippen molar-refractivity contribution in [3.05, 3.63) is 69.6 Å². The summed E-state index contributed by atoms with van der Waals surface area (Å²) in [5.41, 5.74) is 1.96. The zero-order chi connectivity index (χ0) is 21.0. The van der Waals surface area contributed by atoms with E-state index < -0.39 is 5.97 Å². The van der Waals surface area contributed by atoms with Gasteiger partial charge >= 0.3 is 5.97 Å². The predicted molar refractivity (Wildman–Crippen MR) is 109 cm³/mol. The Bertz CT molecular complexity index is 1110. The van der Waals surface area contributed by atoms with Gasteiger partial charge in [-0.3, -0.25) is 14.9 Å². The van der Waals surface area contributed by atoms with Crippen LogP contribution in [0.4, 0.5) is 5.69 Å². The Morgan fingerprint density at radius 3 is 2.34 bits per heavy atom. The number of aliphatic imine (C=N–C) groups is 1. The number of nitrogens with one attached hydrogen (secondary N) is 1. The van der Waals surface area contributed by atoms with Crippen molar-refractivity contribution in [2.75, 3.05) is 21.3 Å². The number of rotatable bonds is 6. The van der Waals surface area contributed by atoms with Crippen molar-refractivity contribution in [3.63, 3.8) is 0 Å². The van der Waals surface area contributed by atoms with E-state index in [1.54, 1.807) is 13.0 Å². The van der Waals surface area contributed by atoms with Crippen LogP contribution in [-0.2, 0) is 4.74 Å². The molecule has 2 aromatic carbocycles. The lowest BCUT2D eigenvalue weighted by atomic mass is 10.1. The minimum atomic E-state index is -0.578. The van der Waals surface area contributed by atoms with E-state index in [0.717, 1.165) is 0 Å². The highest BCUT2D eigenvalue weighted by Gasteiger charge is 2.18. The lowest BCUT2D eigenvalue weighted by Gasteiger charge is -2.11. The van der Waals surface area contributed by atoms with E-state index in [0.29, 0.717) is 34.1 Å². The number of aromatic nitrogens is 2. The summed E-state index contributed by atoms with van der Waals surface area (Å²) in [5, 5.41) is 3.03. The van der Waals surface area contributed by atoms with Crippen LogP contribution in [0.1, 0.15) is 21.6 Å². The van der Waals surface area contributed by atoms with E-state index in [9.17, 15) is 9.59 Å². The molecule has 0 unspecified atom stereocenters. The summed E-state index contributed by atoms with van der Waals surface area (Å²) in [6.45, 7) is 1.78. The molecule has 0 aliphatic rings. The van der Waals surface area contributed by atoms with Crippen LogP contribution in [0.3, 0.4) is 0 Å². The molecule has 0 bridgehead atoms. The Labute approximate surface area is 167 Å². The smallest absolute Gasteiger partial charge is 0.340 e. The van der Waals surface area contributed by atoms with Gasteiger partial charge < -0.3 is 14.2 Å². The van der Waals surface area contributed by atoms with Crippen molar-refractivity contribution >= 4 is 17.9 Å². The van der Waals surface area contributed by atoms with Crippen molar-refractivity contribution in [1.29, 1.82) is 0 Å². The van der Waals surface area contributed by atoms with Crippen LogP contribution in [0, 0.1) is 6.92 Å². The molecular formula is C21H21N3O5. The van der Waals surface area contributed by atoms with Gasteiger partial charge in [-0.15, -0.1) is 0 Å². The second-order valence-corrected chi connectivity index (χ2v) is 6.10. The number of hydrogen-bond acceptors (Lipinski definition) is 6. The molecule has 3 rings (SSSR count). The Morgan fingerprint density at radius 1 is 1.07 bits per heavy atom. The second kappa shape index (κ2) is 8.47. The fourth-order valence-electron chi connectivity index (χ4n) is 2.85. The molecule has 0 amide bonds. The van der Waals surface area contributed by atoms with Crippen molar-refractivity contribution < 1.29 is 19.0 Å². The topological polar surface area (TPSA) is 94.9 Å². The molecule has 0 spiro atoms. The molecule has 29 heavy (non-hydrogen) atoms. The van der Waals surface area contributed by atoms with Crippen LogP contribution >= 0.6 is 0 Å². The first kappa shape index (κ1) is 19.9. The van der Waals surface area contributed by atoms with Crippen molar-refractivity contribution in [1.82, 2.24) is 9.78 Å². The van der Waals surface area contributed by atoms with Gasteiger partial charge in [0.25, 0.3) is 5.56 Å². The number of H-pyrrole nitrogens is 1. The Kier molecular flexibility index (Phi) is 5.82. The third-order valence-corrected chi connectivity index (χ3v) is 4.37. The first-order chi connectivity index (χ1) is 14.0. The molecule has 0 fully saturated rings. The third-order valence-electron chi connectivity index (χ3n) is 4.37. The molecular weight excluding hydrogens is 374 g/mol. The van der Waals surface area contributed by atoms with Crippen LogP contribution in [0.5, 0.6) is 11.5 Å². The van der Waals surface area contributed by atoms with Gasteiger partial charge in [0.2, 0.25) is 0 Å². The van der Waals surface area contributed by atoms with E-state index in [-0.39, 0.29) is 11.1 Å². The number of methoxy groups -OCH3 is 3. The minimum Gasteiger partial charge on any atom is -0.493 e. The fourth-order valence-corrected chi connectivity index (χ4v) is 2.85. The van der Waals surface area contributed by atoms with Gasteiger partial charge in [-0.05, 0) is 19.1 Å². The molecule has 0 atom stereocenters. The number of benzene rings is 2. The summed E-state index contributed by atoms with van der Waals surface area (Å²) >= 11 is 0. The minimum absolute atomic E-state index is 0.193. The summed E-state index contributed by atoms with van der Waals surface area (Å²) in [6.07, 6.45) is 1.42. The second-order valence-electron chi connectivity index (χ2n) is 6.10. The average Bonchev–Trinajstić information content (AvgIpc) is 3.04. The number of hydrogen-bond donors (Lipinski definition) is 1. The highest BCUT2D eigenvalue weighted by Crippen LogP contribution is 2.35. The summed E-state index contributed by atoms with van der Waals surface area (Å²) in [5.74, 6) is 0.196. The third kappa shape index (κ3) is 3.91. The number of esters is 1. The highest BCUT2D eigenvalue weighted by molar-refractivity contribution is 5.97. The maximum absolute atomic E-state index is 12.8. The zero-order valence-corrected chi connectivity index (χ0v) is 16.6. The van der Waals surface area contributed by atoms with Gasteiger partial charge in [-0.1, -0.05) is 18.2 Å².